The molecule has 1 N–H and O–H groups in total. The number of nitrogens with zero attached hydrogens (tertiary/aromatic N) is 4. The zero-order chi connectivity index (χ0) is 18.9. The Morgan fingerprint density at radius 1 is 1.00 bits per heavy atom. The van der Waals surface area contributed by atoms with E-state index in [-0.39, 0.29) is 6.04 Å². The highest BCUT2D eigenvalue weighted by molar-refractivity contribution is 5.82. The van der Waals surface area contributed by atoms with Gasteiger partial charge in [-0.15, -0.1) is 0 Å². The molecule has 1 amide bonds. The second-order valence-corrected chi connectivity index (χ2v) is 8.00. The Labute approximate surface area is 160 Å². The third kappa shape index (κ3) is 6.15. The molecule has 0 spiro atoms. The van der Waals surface area contributed by atoms with E-state index in [0.717, 1.165) is 83.5 Å². The van der Waals surface area contributed by atoms with Crippen LogP contribution in [0.1, 0.15) is 53.4 Å². The molecule has 2 aliphatic rings. The van der Waals surface area contributed by atoms with E-state index in [1.165, 1.54) is 6.42 Å². The van der Waals surface area contributed by atoms with Gasteiger partial charge in [0.2, 0.25) is 5.91 Å². The number of carbonyl (C=O) groups excluding carboxylic acids is 1. The summed E-state index contributed by atoms with van der Waals surface area (Å²) in [5, 5.41) is 3.43. The molecule has 0 bridgehead atoms. The summed E-state index contributed by atoms with van der Waals surface area (Å²) in [6.45, 7) is 16.1. The van der Waals surface area contributed by atoms with E-state index in [1.54, 1.807) is 0 Å². The number of guanidine groups is 1. The van der Waals surface area contributed by atoms with Crippen molar-refractivity contribution in [2.24, 2.45) is 10.9 Å². The number of rotatable bonds is 7. The van der Waals surface area contributed by atoms with E-state index in [2.05, 4.69) is 42.8 Å². The fraction of sp³-hybridized carbons (Fsp3) is 0.900. The SMILES string of the molecule is CCNC(=NCCCC(C)C)N1CCN(C(C)C(=O)N2CCCC2)CC1. The molecular formula is C20H39N5O. The largest absolute Gasteiger partial charge is 0.357 e. The van der Waals surface area contributed by atoms with E-state index >= 15 is 0 Å². The first-order valence-corrected chi connectivity index (χ1v) is 10.6. The molecule has 0 radical (unpaired) electrons. The lowest BCUT2D eigenvalue weighted by Gasteiger charge is -2.39. The molecule has 2 fully saturated rings. The van der Waals surface area contributed by atoms with Crippen molar-refractivity contribution in [3.63, 3.8) is 0 Å². The zero-order valence-corrected chi connectivity index (χ0v) is 17.3. The highest BCUT2D eigenvalue weighted by Crippen LogP contribution is 2.14. The summed E-state index contributed by atoms with van der Waals surface area (Å²) in [5.74, 6) is 2.09. The van der Waals surface area contributed by atoms with Crippen molar-refractivity contribution < 1.29 is 4.79 Å². The molecule has 2 aliphatic heterocycles. The third-order valence-corrected chi connectivity index (χ3v) is 5.47. The summed E-state index contributed by atoms with van der Waals surface area (Å²) in [7, 11) is 0. The van der Waals surface area contributed by atoms with Gasteiger partial charge in [-0.2, -0.15) is 0 Å². The number of piperazine rings is 1. The molecule has 26 heavy (non-hydrogen) atoms. The van der Waals surface area contributed by atoms with Crippen LogP contribution in [0.5, 0.6) is 0 Å². The molecule has 0 aromatic rings. The third-order valence-electron chi connectivity index (χ3n) is 5.47. The predicted molar refractivity (Wildman–Crippen MR) is 108 cm³/mol. The molecule has 1 atom stereocenters. The Morgan fingerprint density at radius 3 is 2.23 bits per heavy atom. The van der Waals surface area contributed by atoms with Crippen molar-refractivity contribution in [1.29, 1.82) is 0 Å². The van der Waals surface area contributed by atoms with E-state index < -0.39 is 0 Å². The van der Waals surface area contributed by atoms with Crippen molar-refractivity contribution in [3.8, 4) is 0 Å². The number of hydrogen-bond acceptors (Lipinski definition) is 3. The van der Waals surface area contributed by atoms with Crippen LogP contribution in [0.2, 0.25) is 0 Å². The van der Waals surface area contributed by atoms with Crippen LogP contribution in [0.3, 0.4) is 0 Å². The van der Waals surface area contributed by atoms with Gasteiger partial charge in [0.1, 0.15) is 0 Å². The molecule has 0 aromatic heterocycles. The fourth-order valence-corrected chi connectivity index (χ4v) is 3.79. The van der Waals surface area contributed by atoms with Gasteiger partial charge in [-0.1, -0.05) is 13.8 Å². The molecule has 150 valence electrons. The molecule has 6 nitrogen and oxygen atoms in total. The highest BCUT2D eigenvalue weighted by Gasteiger charge is 2.30. The standard InChI is InChI=1S/C20H39N5O/c1-5-21-20(22-10-8-9-17(2)3)25-15-13-23(14-16-25)18(4)19(26)24-11-6-7-12-24/h17-18H,5-16H2,1-4H3,(H,21,22). The number of likely N-dealkylation sites (tertiary alicyclic amines) is 1. The summed E-state index contributed by atoms with van der Waals surface area (Å²) in [5.41, 5.74) is 0. The van der Waals surface area contributed by atoms with E-state index in [0.29, 0.717) is 5.91 Å². The molecular weight excluding hydrogens is 326 g/mol. The Kier molecular flexibility index (Phi) is 8.69. The first-order valence-electron chi connectivity index (χ1n) is 10.6. The van der Waals surface area contributed by atoms with E-state index in [9.17, 15) is 4.79 Å². The van der Waals surface area contributed by atoms with Gasteiger partial charge in [-0.3, -0.25) is 14.7 Å². The summed E-state index contributed by atoms with van der Waals surface area (Å²) in [6, 6.07) is 0.000755. The molecule has 1 unspecified atom stereocenters. The van der Waals surface area contributed by atoms with Crippen LogP contribution in [0.25, 0.3) is 0 Å². The molecule has 2 rings (SSSR count). The topological polar surface area (TPSA) is 51.2 Å². The van der Waals surface area contributed by atoms with Gasteiger partial charge in [0.05, 0.1) is 6.04 Å². The molecule has 2 heterocycles. The van der Waals surface area contributed by atoms with Crippen molar-refractivity contribution >= 4 is 11.9 Å². The van der Waals surface area contributed by atoms with Crippen molar-refractivity contribution in [3.05, 3.63) is 0 Å². The minimum Gasteiger partial charge on any atom is -0.357 e. The highest BCUT2D eigenvalue weighted by atomic mass is 16.2. The first-order chi connectivity index (χ1) is 12.5. The van der Waals surface area contributed by atoms with Crippen LogP contribution in [-0.4, -0.2) is 85.0 Å². The normalized spacial score (nSPS) is 20.7. The summed E-state index contributed by atoms with van der Waals surface area (Å²) >= 11 is 0. The zero-order valence-electron chi connectivity index (χ0n) is 17.3. The van der Waals surface area contributed by atoms with Crippen molar-refractivity contribution in [2.45, 2.75) is 59.4 Å². The van der Waals surface area contributed by atoms with Gasteiger partial charge in [-0.05, 0) is 45.4 Å². The van der Waals surface area contributed by atoms with Crippen LogP contribution in [0.15, 0.2) is 4.99 Å². The summed E-state index contributed by atoms with van der Waals surface area (Å²) < 4.78 is 0. The maximum atomic E-state index is 12.6. The van der Waals surface area contributed by atoms with Crippen molar-refractivity contribution in [1.82, 2.24) is 20.0 Å². The number of amides is 1. The molecule has 0 aromatic carbocycles. The first kappa shape index (κ1) is 21.0. The van der Waals surface area contributed by atoms with E-state index in [1.807, 2.05) is 4.90 Å². The number of aliphatic imine (C=N–C) groups is 1. The molecule has 0 aliphatic carbocycles. The van der Waals surface area contributed by atoms with Crippen LogP contribution in [0, 0.1) is 5.92 Å². The minimum atomic E-state index is 0.000755. The lowest BCUT2D eigenvalue weighted by atomic mass is 10.1. The van der Waals surface area contributed by atoms with Gasteiger partial charge >= 0.3 is 0 Å². The average molecular weight is 366 g/mol. The second-order valence-electron chi connectivity index (χ2n) is 8.00. The summed E-state index contributed by atoms with van der Waals surface area (Å²) in [6.07, 6.45) is 4.69. The monoisotopic (exact) mass is 365 g/mol. The number of carbonyl (C=O) groups is 1. The average Bonchev–Trinajstić information content (AvgIpc) is 3.18. The Bertz CT molecular complexity index is 451. The summed E-state index contributed by atoms with van der Waals surface area (Å²) in [4.78, 5) is 24.2. The quantitative estimate of drug-likeness (QED) is 0.426. The maximum absolute atomic E-state index is 12.6. The van der Waals surface area contributed by atoms with E-state index in [4.69, 9.17) is 4.99 Å². The minimum absolute atomic E-state index is 0.000755. The van der Waals surface area contributed by atoms with Gasteiger partial charge < -0.3 is 15.1 Å². The van der Waals surface area contributed by atoms with Gasteiger partial charge in [-0.25, -0.2) is 0 Å². The Balaban J connectivity index is 1.82. The Hall–Kier alpha value is -1.30. The number of nitrogens with one attached hydrogen (secondary N) is 1. The second kappa shape index (κ2) is 10.8. The lowest BCUT2D eigenvalue weighted by molar-refractivity contribution is -0.135. The van der Waals surface area contributed by atoms with Crippen LogP contribution in [-0.2, 0) is 4.79 Å². The smallest absolute Gasteiger partial charge is 0.239 e. The van der Waals surface area contributed by atoms with Crippen LogP contribution >= 0.6 is 0 Å². The van der Waals surface area contributed by atoms with Gasteiger partial charge in [0, 0.05) is 52.4 Å². The predicted octanol–water partition coefficient (Wildman–Crippen LogP) is 2.02. The molecule has 6 heteroatoms. The van der Waals surface area contributed by atoms with Gasteiger partial charge in [0.15, 0.2) is 5.96 Å². The molecule has 2 saturated heterocycles. The number of hydrogen-bond donors (Lipinski definition) is 1. The lowest BCUT2D eigenvalue weighted by Crippen LogP contribution is -2.57. The molecule has 0 saturated carbocycles. The van der Waals surface area contributed by atoms with Crippen LogP contribution in [0.4, 0.5) is 0 Å². The fourth-order valence-electron chi connectivity index (χ4n) is 3.79. The van der Waals surface area contributed by atoms with Gasteiger partial charge in [0.25, 0.3) is 0 Å². The van der Waals surface area contributed by atoms with Crippen LogP contribution < -0.4 is 5.32 Å². The maximum Gasteiger partial charge on any atom is 0.239 e. The van der Waals surface area contributed by atoms with Crippen molar-refractivity contribution in [2.75, 3.05) is 52.4 Å². The Morgan fingerprint density at radius 2 is 1.65 bits per heavy atom.